The van der Waals surface area contributed by atoms with Crippen molar-refractivity contribution in [3.05, 3.63) is 54.1 Å². The Balaban J connectivity index is 1.64. The molecule has 0 spiro atoms. The molecule has 0 bridgehead atoms. The summed E-state index contributed by atoms with van der Waals surface area (Å²) in [5, 5.41) is 0. The Hall–Kier alpha value is -1.90. The van der Waals surface area contributed by atoms with Crippen LogP contribution in [0.2, 0.25) is 0 Å². The third-order valence-electron chi connectivity index (χ3n) is 4.67. The number of benzene rings is 1. The van der Waals surface area contributed by atoms with Crippen LogP contribution in [0.25, 0.3) is 0 Å². The Labute approximate surface area is 126 Å². The van der Waals surface area contributed by atoms with Gasteiger partial charge in [-0.25, -0.2) is 4.98 Å². The molecule has 110 valence electrons. The van der Waals surface area contributed by atoms with E-state index in [0.717, 1.165) is 37.9 Å². The van der Waals surface area contributed by atoms with E-state index in [2.05, 4.69) is 35.3 Å². The van der Waals surface area contributed by atoms with Crippen LogP contribution in [-0.2, 0) is 18.3 Å². The minimum atomic E-state index is 0.195. The lowest BCUT2D eigenvalue weighted by Crippen LogP contribution is -2.24. The molecule has 0 radical (unpaired) electrons. The number of carbonyl (C=O) groups excluding carboxylic acids is 1. The van der Waals surface area contributed by atoms with E-state index in [0.29, 0.717) is 11.7 Å². The van der Waals surface area contributed by atoms with Crippen LogP contribution >= 0.6 is 0 Å². The van der Waals surface area contributed by atoms with Gasteiger partial charge in [0.1, 0.15) is 11.6 Å². The van der Waals surface area contributed by atoms with Gasteiger partial charge in [0.25, 0.3) is 0 Å². The van der Waals surface area contributed by atoms with Gasteiger partial charge in [0, 0.05) is 38.2 Å². The van der Waals surface area contributed by atoms with Crippen molar-refractivity contribution in [2.45, 2.75) is 38.0 Å². The normalized spacial score (nSPS) is 22.4. The first-order chi connectivity index (χ1) is 10.2. The number of hydrogen-bond acceptors (Lipinski definition) is 2. The van der Waals surface area contributed by atoms with E-state index in [9.17, 15) is 4.79 Å². The summed E-state index contributed by atoms with van der Waals surface area (Å²) < 4.78 is 2.04. The average Bonchev–Trinajstić information content (AvgIpc) is 2.93. The van der Waals surface area contributed by atoms with E-state index in [-0.39, 0.29) is 5.92 Å². The Morgan fingerprint density at radius 1 is 1.29 bits per heavy atom. The Morgan fingerprint density at radius 2 is 2.10 bits per heavy atom. The van der Waals surface area contributed by atoms with Crippen LogP contribution in [0.1, 0.15) is 43.0 Å². The molecule has 21 heavy (non-hydrogen) atoms. The van der Waals surface area contributed by atoms with Crippen molar-refractivity contribution in [1.29, 1.82) is 0 Å². The molecule has 2 aromatic rings. The fourth-order valence-electron chi connectivity index (χ4n) is 3.36. The maximum Gasteiger partial charge on any atom is 0.136 e. The Bertz CT molecular complexity index is 603. The highest BCUT2D eigenvalue weighted by atomic mass is 16.1. The second-order valence-corrected chi connectivity index (χ2v) is 6.04. The van der Waals surface area contributed by atoms with Gasteiger partial charge in [-0.3, -0.25) is 4.79 Å². The number of hydrogen-bond donors (Lipinski definition) is 0. The number of rotatable bonds is 4. The quantitative estimate of drug-likeness (QED) is 0.860. The van der Waals surface area contributed by atoms with Gasteiger partial charge in [-0.1, -0.05) is 30.3 Å². The summed E-state index contributed by atoms with van der Waals surface area (Å²) >= 11 is 0. The van der Waals surface area contributed by atoms with Crippen LogP contribution in [-0.4, -0.2) is 15.3 Å². The number of imidazole rings is 1. The fourth-order valence-corrected chi connectivity index (χ4v) is 3.36. The van der Waals surface area contributed by atoms with Gasteiger partial charge in [-0.2, -0.15) is 0 Å². The first-order valence-corrected chi connectivity index (χ1v) is 7.78. The van der Waals surface area contributed by atoms with Gasteiger partial charge in [0.2, 0.25) is 0 Å². The van der Waals surface area contributed by atoms with Crippen LogP contribution in [0.5, 0.6) is 0 Å². The third-order valence-corrected chi connectivity index (χ3v) is 4.67. The first kappa shape index (κ1) is 14.1. The van der Waals surface area contributed by atoms with Gasteiger partial charge < -0.3 is 4.57 Å². The molecule has 2 unspecified atom stereocenters. The highest BCUT2D eigenvalue weighted by molar-refractivity contribution is 5.82. The summed E-state index contributed by atoms with van der Waals surface area (Å²) in [6, 6.07) is 10.6. The van der Waals surface area contributed by atoms with Gasteiger partial charge >= 0.3 is 0 Å². The van der Waals surface area contributed by atoms with Crippen LogP contribution in [0, 0.1) is 5.92 Å². The zero-order valence-electron chi connectivity index (χ0n) is 12.5. The zero-order chi connectivity index (χ0) is 14.7. The van der Waals surface area contributed by atoms with Gasteiger partial charge in [0.15, 0.2) is 0 Å². The lowest BCUT2D eigenvalue weighted by molar-refractivity contribution is -0.125. The monoisotopic (exact) mass is 282 g/mol. The average molecular weight is 282 g/mol. The number of ketones is 1. The first-order valence-electron chi connectivity index (χ1n) is 7.78. The number of aromatic nitrogens is 2. The molecule has 2 atom stereocenters. The second-order valence-electron chi connectivity index (χ2n) is 6.04. The molecule has 1 saturated carbocycles. The molecule has 1 heterocycles. The standard InChI is InChI=1S/C18H22N2O/c1-20-12-11-19-18(20)10-8-16-13-15(7-9-17(16)21)14-5-3-2-4-6-14/h2-6,11-12,15-16H,7-10,13H2,1H3. The minimum absolute atomic E-state index is 0.195. The molecule has 1 fully saturated rings. The number of aryl methyl sites for hydroxylation is 2. The number of Topliss-reactive ketones (excluding diaryl/α,β-unsaturated/α-hetero) is 1. The largest absolute Gasteiger partial charge is 0.338 e. The van der Waals surface area contributed by atoms with Crippen molar-refractivity contribution >= 4 is 5.78 Å². The van der Waals surface area contributed by atoms with E-state index in [1.165, 1.54) is 5.56 Å². The number of nitrogens with zero attached hydrogens (tertiary/aromatic N) is 2. The maximum atomic E-state index is 12.2. The molecule has 3 nitrogen and oxygen atoms in total. The highest BCUT2D eigenvalue weighted by Gasteiger charge is 2.29. The lowest BCUT2D eigenvalue weighted by Gasteiger charge is -2.28. The molecule has 1 aliphatic rings. The van der Waals surface area contributed by atoms with Crippen LogP contribution < -0.4 is 0 Å². The summed E-state index contributed by atoms with van der Waals surface area (Å²) in [5.41, 5.74) is 1.38. The second kappa shape index (κ2) is 6.25. The van der Waals surface area contributed by atoms with Crippen molar-refractivity contribution in [2.75, 3.05) is 0 Å². The maximum absolute atomic E-state index is 12.2. The summed E-state index contributed by atoms with van der Waals surface area (Å²) in [7, 11) is 2.01. The van der Waals surface area contributed by atoms with Gasteiger partial charge in [-0.15, -0.1) is 0 Å². The smallest absolute Gasteiger partial charge is 0.136 e. The van der Waals surface area contributed by atoms with Crippen LogP contribution in [0.3, 0.4) is 0 Å². The number of carbonyl (C=O) groups is 1. The zero-order valence-corrected chi connectivity index (χ0v) is 12.5. The molecular weight excluding hydrogens is 260 g/mol. The topological polar surface area (TPSA) is 34.9 Å². The van der Waals surface area contributed by atoms with E-state index in [4.69, 9.17) is 0 Å². The SMILES string of the molecule is Cn1ccnc1CCC1CC(c2ccccc2)CCC1=O. The molecule has 0 amide bonds. The minimum Gasteiger partial charge on any atom is -0.338 e. The van der Waals surface area contributed by atoms with E-state index in [1.54, 1.807) is 0 Å². The molecule has 1 aromatic heterocycles. The summed E-state index contributed by atoms with van der Waals surface area (Å²) in [5.74, 6) is 2.25. The van der Waals surface area contributed by atoms with Gasteiger partial charge in [0.05, 0.1) is 0 Å². The van der Waals surface area contributed by atoms with Crippen molar-refractivity contribution < 1.29 is 4.79 Å². The molecule has 1 aliphatic carbocycles. The predicted molar refractivity (Wildman–Crippen MR) is 83.1 cm³/mol. The Kier molecular flexibility index (Phi) is 4.18. The van der Waals surface area contributed by atoms with Crippen LogP contribution in [0.15, 0.2) is 42.7 Å². The predicted octanol–water partition coefficient (Wildman–Crippen LogP) is 3.51. The molecule has 3 rings (SSSR count). The van der Waals surface area contributed by atoms with Crippen molar-refractivity contribution in [3.63, 3.8) is 0 Å². The molecule has 0 saturated heterocycles. The van der Waals surface area contributed by atoms with Crippen molar-refractivity contribution in [3.8, 4) is 0 Å². The molecule has 0 N–H and O–H groups in total. The van der Waals surface area contributed by atoms with Gasteiger partial charge in [-0.05, 0) is 30.7 Å². The summed E-state index contributed by atoms with van der Waals surface area (Å²) in [6.07, 6.45) is 8.32. The van der Waals surface area contributed by atoms with E-state index >= 15 is 0 Å². The Morgan fingerprint density at radius 3 is 2.81 bits per heavy atom. The van der Waals surface area contributed by atoms with E-state index in [1.807, 2.05) is 24.0 Å². The third kappa shape index (κ3) is 3.23. The lowest BCUT2D eigenvalue weighted by atomic mass is 9.75. The van der Waals surface area contributed by atoms with Crippen molar-refractivity contribution in [2.24, 2.45) is 13.0 Å². The highest BCUT2D eigenvalue weighted by Crippen LogP contribution is 2.36. The summed E-state index contributed by atoms with van der Waals surface area (Å²) in [4.78, 5) is 16.5. The van der Waals surface area contributed by atoms with Crippen LogP contribution in [0.4, 0.5) is 0 Å². The van der Waals surface area contributed by atoms with Crippen molar-refractivity contribution in [1.82, 2.24) is 9.55 Å². The fraction of sp³-hybridized carbons (Fsp3) is 0.444. The molecule has 1 aromatic carbocycles. The molecule has 0 aliphatic heterocycles. The summed E-state index contributed by atoms with van der Waals surface area (Å²) in [6.45, 7) is 0. The van der Waals surface area contributed by atoms with E-state index < -0.39 is 0 Å². The molecule has 3 heteroatoms. The molecular formula is C18H22N2O.